The fraction of sp³-hybridized carbons (Fsp3) is 0.471. The molecule has 0 spiro atoms. The van der Waals surface area contributed by atoms with Gasteiger partial charge in [-0.25, -0.2) is 8.42 Å². The van der Waals surface area contributed by atoms with Crippen LogP contribution in [0.2, 0.25) is 0 Å². The Balaban J connectivity index is 2.23. The summed E-state index contributed by atoms with van der Waals surface area (Å²) in [6.45, 7) is -0.519. The minimum absolute atomic E-state index is 0.0728. The predicted octanol–water partition coefficient (Wildman–Crippen LogP) is 2.65. The van der Waals surface area contributed by atoms with E-state index in [1.807, 2.05) is 0 Å². The van der Waals surface area contributed by atoms with E-state index in [1.165, 1.54) is 0 Å². The van der Waals surface area contributed by atoms with Crippen LogP contribution in [0.25, 0.3) is 0 Å². The van der Waals surface area contributed by atoms with E-state index in [-0.39, 0.29) is 9.99 Å². The summed E-state index contributed by atoms with van der Waals surface area (Å²) in [5.74, 6) is -0.963. The molecular weight excluding hydrogens is 360 g/mol. The van der Waals surface area contributed by atoms with Gasteiger partial charge in [-0.15, -0.1) is 6.58 Å². The minimum Gasteiger partial charge on any atom is -0.458 e. The lowest BCUT2D eigenvalue weighted by atomic mass is 9.77. The normalized spacial score (nSPS) is 18.1. The first-order valence-electron chi connectivity index (χ1n) is 9.51. The highest BCUT2D eigenvalue weighted by molar-refractivity contribution is 7.89. The summed E-state index contributed by atoms with van der Waals surface area (Å²) in [7, 11) is -4.63. The van der Waals surface area contributed by atoms with Crippen molar-refractivity contribution in [3.8, 4) is 0 Å². The van der Waals surface area contributed by atoms with Crippen LogP contribution in [0.3, 0.4) is 0 Å². The van der Waals surface area contributed by atoms with Crippen LogP contribution in [0, 0.1) is 10.1 Å². The van der Waals surface area contributed by atoms with Crippen LogP contribution in [-0.4, -0.2) is 42.7 Å². The fourth-order valence-electron chi connectivity index (χ4n) is 2.68. The van der Waals surface area contributed by atoms with Gasteiger partial charge in [-0.1, -0.05) is 6.08 Å². The Morgan fingerprint density at radius 1 is 1.46 bits per heavy atom. The first-order chi connectivity index (χ1) is 13.4. The van der Waals surface area contributed by atoms with E-state index >= 15 is 0 Å². The van der Waals surface area contributed by atoms with Gasteiger partial charge in [0.1, 0.15) is 12.1 Å². The summed E-state index contributed by atoms with van der Waals surface area (Å²) in [6, 6.07) is 3.74. The molecule has 1 aliphatic rings. The van der Waals surface area contributed by atoms with Gasteiger partial charge in [0.2, 0.25) is 10.0 Å². The van der Waals surface area contributed by atoms with Gasteiger partial charge in [0, 0.05) is 23.2 Å². The monoisotopic (exact) mass is 385 g/mol. The van der Waals surface area contributed by atoms with Crippen molar-refractivity contribution in [1.82, 2.24) is 4.31 Å². The van der Waals surface area contributed by atoms with Gasteiger partial charge < -0.3 is 4.74 Å². The highest BCUT2D eigenvalue weighted by atomic mass is 32.2. The Labute approximate surface area is 156 Å². The lowest BCUT2D eigenvalue weighted by molar-refractivity contribution is -0.384. The molecular formula is C17H22N2O6S. The van der Waals surface area contributed by atoms with E-state index in [4.69, 9.17) is 8.85 Å². The fourth-order valence-corrected chi connectivity index (χ4v) is 3.69. The molecule has 0 atom stereocenters. The van der Waals surface area contributed by atoms with E-state index in [0.717, 1.165) is 30.7 Å². The van der Waals surface area contributed by atoms with Crippen LogP contribution in [0.5, 0.6) is 0 Å². The molecule has 0 radical (unpaired) electrons. The Kier molecular flexibility index (Phi) is 4.89. The first-order valence-corrected chi connectivity index (χ1v) is 9.45. The molecule has 26 heavy (non-hydrogen) atoms. The molecule has 1 saturated carbocycles. The molecule has 0 bridgehead atoms. The van der Waals surface area contributed by atoms with Crippen LogP contribution < -0.4 is 0 Å². The zero-order chi connectivity index (χ0) is 21.9. The molecule has 1 aliphatic carbocycles. The van der Waals surface area contributed by atoms with Gasteiger partial charge in [0.25, 0.3) is 5.69 Å². The van der Waals surface area contributed by atoms with Crippen LogP contribution >= 0.6 is 0 Å². The standard InChI is InChI=1S/C17H22N2O6S/c1-3-4-10-17(11-5-12-17)25-16(20)13-18(2)26(23,24)15-8-6-14(7-9-15)19(21)22/h3,6-9H,1,4-5,10-13H2,2H3/i2D3. The number of non-ortho nitro benzene ring substituents is 1. The van der Waals surface area contributed by atoms with Gasteiger partial charge in [0.05, 0.1) is 9.82 Å². The smallest absolute Gasteiger partial charge is 0.321 e. The zero-order valence-electron chi connectivity index (χ0n) is 17.1. The number of nitro groups is 1. The first kappa shape index (κ1) is 16.0. The summed E-state index contributed by atoms with van der Waals surface area (Å²) in [5.41, 5.74) is -1.07. The maximum atomic E-state index is 12.8. The Morgan fingerprint density at radius 2 is 2.12 bits per heavy atom. The van der Waals surface area contributed by atoms with E-state index in [2.05, 4.69) is 6.58 Å². The molecule has 0 aliphatic heterocycles. The molecule has 0 amide bonds. The lowest BCUT2D eigenvalue weighted by Gasteiger charge is -2.41. The lowest BCUT2D eigenvalue weighted by Crippen LogP contribution is -2.44. The molecule has 1 aromatic carbocycles. The summed E-state index contributed by atoms with van der Waals surface area (Å²) < 4.78 is 53.8. The van der Waals surface area contributed by atoms with Crippen LogP contribution in [0.1, 0.15) is 36.2 Å². The van der Waals surface area contributed by atoms with Crippen molar-refractivity contribution >= 4 is 21.7 Å². The third kappa shape index (κ3) is 4.47. The van der Waals surface area contributed by atoms with Crippen molar-refractivity contribution in [2.75, 3.05) is 13.5 Å². The Morgan fingerprint density at radius 3 is 2.58 bits per heavy atom. The largest absolute Gasteiger partial charge is 0.458 e. The third-order valence-electron chi connectivity index (χ3n) is 4.31. The second kappa shape index (κ2) is 7.96. The third-order valence-corrected chi connectivity index (χ3v) is 5.88. The summed E-state index contributed by atoms with van der Waals surface area (Å²) in [5, 5.41) is 10.7. The average molecular weight is 385 g/mol. The van der Waals surface area contributed by atoms with Crippen molar-refractivity contribution < 1.29 is 27.0 Å². The molecule has 142 valence electrons. The van der Waals surface area contributed by atoms with E-state index in [0.29, 0.717) is 25.7 Å². The second-order valence-electron chi connectivity index (χ2n) is 6.10. The van der Waals surface area contributed by atoms with Crippen molar-refractivity contribution in [1.29, 1.82) is 0 Å². The SMILES string of the molecule is [2H]C([2H])([2H])N(CC(=O)OC1(CCC=C)CCC1)S(=O)(=O)c1ccc([N+](=O)[O-])cc1. The highest BCUT2D eigenvalue weighted by Crippen LogP contribution is 2.39. The number of benzene rings is 1. The summed E-state index contributed by atoms with van der Waals surface area (Å²) in [6.07, 6.45) is 4.92. The van der Waals surface area contributed by atoms with Crippen molar-refractivity contribution in [2.45, 2.75) is 42.6 Å². The second-order valence-corrected chi connectivity index (χ2v) is 7.96. The van der Waals surface area contributed by atoms with Crippen molar-refractivity contribution in [3.63, 3.8) is 0 Å². The molecule has 0 N–H and O–H groups in total. The van der Waals surface area contributed by atoms with E-state index in [1.54, 1.807) is 6.08 Å². The van der Waals surface area contributed by atoms with Gasteiger partial charge in [-0.2, -0.15) is 4.31 Å². The van der Waals surface area contributed by atoms with Crippen molar-refractivity contribution in [2.24, 2.45) is 0 Å². The quantitative estimate of drug-likeness (QED) is 0.280. The molecule has 0 aromatic heterocycles. The van der Waals surface area contributed by atoms with Crippen LogP contribution in [0.15, 0.2) is 41.8 Å². The maximum absolute atomic E-state index is 12.8. The molecule has 8 nitrogen and oxygen atoms in total. The number of ether oxygens (including phenoxy) is 1. The number of sulfonamides is 1. The number of allylic oxidation sites excluding steroid dienone is 1. The number of carbonyl (C=O) groups is 1. The molecule has 1 aromatic rings. The average Bonchev–Trinajstić information content (AvgIpc) is 2.60. The number of nitrogens with zero attached hydrogens (tertiary/aromatic N) is 2. The van der Waals surface area contributed by atoms with Crippen LogP contribution in [0.4, 0.5) is 5.69 Å². The molecule has 2 rings (SSSR count). The molecule has 9 heteroatoms. The zero-order valence-corrected chi connectivity index (χ0v) is 14.9. The van der Waals surface area contributed by atoms with Gasteiger partial charge >= 0.3 is 5.97 Å². The number of rotatable bonds is 9. The van der Waals surface area contributed by atoms with Crippen LogP contribution in [-0.2, 0) is 19.6 Å². The number of hydrogen-bond donors (Lipinski definition) is 0. The van der Waals surface area contributed by atoms with Crippen molar-refractivity contribution in [3.05, 3.63) is 47.0 Å². The van der Waals surface area contributed by atoms with E-state index < -0.39 is 44.9 Å². The molecule has 0 saturated heterocycles. The number of carbonyl (C=O) groups excluding carboxylic acids is 1. The minimum atomic E-state index is -4.63. The number of esters is 1. The van der Waals surface area contributed by atoms with Gasteiger partial charge in [-0.05, 0) is 44.2 Å². The van der Waals surface area contributed by atoms with E-state index in [9.17, 15) is 23.3 Å². The summed E-state index contributed by atoms with van der Waals surface area (Å²) in [4.78, 5) is 21.9. The Hall–Kier alpha value is -2.26. The van der Waals surface area contributed by atoms with Gasteiger partial charge in [0.15, 0.2) is 0 Å². The number of likely N-dealkylation sites (N-methyl/N-ethyl adjacent to an activating group) is 1. The molecule has 0 heterocycles. The summed E-state index contributed by atoms with van der Waals surface area (Å²) >= 11 is 0. The predicted molar refractivity (Wildman–Crippen MR) is 95.0 cm³/mol. The molecule has 1 fully saturated rings. The number of nitro benzene ring substituents is 1. The Bertz CT molecular complexity index is 879. The maximum Gasteiger partial charge on any atom is 0.321 e. The highest BCUT2D eigenvalue weighted by Gasteiger charge is 2.40. The molecule has 0 unspecified atom stereocenters. The van der Waals surface area contributed by atoms with Gasteiger partial charge in [-0.3, -0.25) is 14.9 Å². The topological polar surface area (TPSA) is 107 Å². The number of hydrogen-bond acceptors (Lipinski definition) is 6.